The summed E-state index contributed by atoms with van der Waals surface area (Å²) in [5.41, 5.74) is 0.825. The van der Waals surface area contributed by atoms with Crippen LogP contribution in [0.5, 0.6) is 0 Å². The van der Waals surface area contributed by atoms with Gasteiger partial charge >= 0.3 is 6.03 Å². The van der Waals surface area contributed by atoms with Crippen molar-refractivity contribution in [1.82, 2.24) is 15.1 Å². The van der Waals surface area contributed by atoms with Gasteiger partial charge in [-0.15, -0.1) is 0 Å². The van der Waals surface area contributed by atoms with Crippen LogP contribution in [0.25, 0.3) is 0 Å². The summed E-state index contributed by atoms with van der Waals surface area (Å²) in [6, 6.07) is 9.05. The minimum atomic E-state index is -1.06. The van der Waals surface area contributed by atoms with Crippen molar-refractivity contribution < 1.29 is 14.4 Å². The summed E-state index contributed by atoms with van der Waals surface area (Å²) in [5, 5.41) is 11.4. The van der Waals surface area contributed by atoms with Crippen LogP contribution < -0.4 is 5.32 Å². The molecule has 1 aromatic carbocycles. The number of hydrogen-bond acceptors (Lipinski definition) is 4. The van der Waals surface area contributed by atoms with Gasteiger partial charge in [-0.3, -0.25) is 14.5 Å². The highest BCUT2D eigenvalue weighted by atomic mass is 16.2. The van der Waals surface area contributed by atoms with Crippen molar-refractivity contribution in [3.8, 4) is 6.07 Å². The lowest BCUT2D eigenvalue weighted by Gasteiger charge is -2.33. The van der Waals surface area contributed by atoms with E-state index in [1.807, 2.05) is 30.3 Å². The number of nitriles is 1. The van der Waals surface area contributed by atoms with Gasteiger partial charge in [-0.2, -0.15) is 5.26 Å². The molecule has 1 saturated heterocycles. The number of amides is 4. The number of nitrogens with zero attached hydrogens (tertiary/aromatic N) is 3. The Bertz CT molecular complexity index is 770. The van der Waals surface area contributed by atoms with Crippen molar-refractivity contribution >= 4 is 17.8 Å². The zero-order valence-electron chi connectivity index (χ0n) is 14.1. The van der Waals surface area contributed by atoms with Gasteiger partial charge in [0.2, 0.25) is 5.91 Å². The lowest BCUT2D eigenvalue weighted by Crippen LogP contribution is -2.47. The zero-order chi connectivity index (χ0) is 18.0. The monoisotopic (exact) mass is 340 g/mol. The van der Waals surface area contributed by atoms with Crippen molar-refractivity contribution in [2.24, 2.45) is 0 Å². The van der Waals surface area contributed by atoms with Crippen LogP contribution in [0, 0.1) is 11.3 Å². The SMILES string of the molecule is CN(CCC#N)C(=O)CN1C(=O)NC2(CCCc3ccccc32)C1=O. The number of urea groups is 1. The maximum Gasteiger partial charge on any atom is 0.325 e. The molecule has 7 nitrogen and oxygen atoms in total. The van der Waals surface area contributed by atoms with Crippen LogP contribution in [-0.2, 0) is 21.5 Å². The van der Waals surface area contributed by atoms with Gasteiger partial charge in [-0.1, -0.05) is 24.3 Å². The minimum Gasteiger partial charge on any atom is -0.343 e. The summed E-state index contributed by atoms with van der Waals surface area (Å²) in [5.74, 6) is -0.730. The third kappa shape index (κ3) is 2.84. The quantitative estimate of drug-likeness (QED) is 0.832. The predicted molar refractivity (Wildman–Crippen MR) is 89.2 cm³/mol. The van der Waals surface area contributed by atoms with Gasteiger partial charge in [-0.05, 0) is 30.4 Å². The number of aryl methyl sites for hydroxylation is 1. The molecule has 0 bridgehead atoms. The van der Waals surface area contributed by atoms with E-state index in [-0.39, 0.29) is 31.3 Å². The van der Waals surface area contributed by atoms with E-state index >= 15 is 0 Å². The van der Waals surface area contributed by atoms with Crippen molar-refractivity contribution in [3.63, 3.8) is 0 Å². The first-order valence-corrected chi connectivity index (χ1v) is 8.33. The summed E-state index contributed by atoms with van der Waals surface area (Å²) >= 11 is 0. The summed E-state index contributed by atoms with van der Waals surface area (Å²) in [6.45, 7) is -0.0382. The second kappa shape index (κ2) is 6.55. The Morgan fingerprint density at radius 2 is 2.16 bits per heavy atom. The first-order valence-electron chi connectivity index (χ1n) is 8.33. The Balaban J connectivity index is 1.82. The molecule has 1 unspecified atom stereocenters. The predicted octanol–water partition coefficient (Wildman–Crippen LogP) is 1.14. The smallest absolute Gasteiger partial charge is 0.325 e. The van der Waals surface area contributed by atoms with Crippen LogP contribution in [0.4, 0.5) is 4.79 Å². The molecule has 1 N–H and O–H groups in total. The van der Waals surface area contributed by atoms with Crippen LogP contribution in [0.1, 0.15) is 30.4 Å². The molecule has 130 valence electrons. The number of benzene rings is 1. The average Bonchev–Trinajstić information content (AvgIpc) is 2.85. The third-order valence-electron chi connectivity index (χ3n) is 4.93. The fourth-order valence-electron chi connectivity index (χ4n) is 3.55. The average molecular weight is 340 g/mol. The molecular weight excluding hydrogens is 320 g/mol. The molecule has 1 aromatic rings. The number of nitrogens with one attached hydrogen (secondary N) is 1. The van der Waals surface area contributed by atoms with Gasteiger partial charge in [0.05, 0.1) is 12.5 Å². The largest absolute Gasteiger partial charge is 0.343 e. The van der Waals surface area contributed by atoms with Crippen molar-refractivity contribution in [2.45, 2.75) is 31.2 Å². The van der Waals surface area contributed by atoms with Crippen LogP contribution in [0.3, 0.4) is 0 Å². The second-order valence-electron chi connectivity index (χ2n) is 6.46. The molecule has 0 aromatic heterocycles. The Morgan fingerprint density at radius 1 is 1.40 bits per heavy atom. The Labute approximate surface area is 146 Å². The fraction of sp³-hybridized carbons (Fsp3) is 0.444. The van der Waals surface area contributed by atoms with Crippen LogP contribution >= 0.6 is 0 Å². The molecule has 0 radical (unpaired) electrons. The fourth-order valence-corrected chi connectivity index (χ4v) is 3.55. The van der Waals surface area contributed by atoms with E-state index in [1.54, 1.807) is 7.05 Å². The van der Waals surface area contributed by atoms with E-state index in [4.69, 9.17) is 5.26 Å². The standard InChI is InChI=1S/C18H20N4O3/c1-21(11-5-10-19)15(23)12-22-16(24)18(20-17(22)25)9-4-7-13-6-2-3-8-14(13)18/h2-3,6,8H,4-5,7,9,11-12H2,1H3,(H,20,25). The van der Waals surface area contributed by atoms with Gasteiger partial charge in [0.25, 0.3) is 5.91 Å². The normalized spacial score (nSPS) is 21.7. The first-order chi connectivity index (χ1) is 12.0. The molecule has 2 aliphatic rings. The minimum absolute atomic E-state index is 0.208. The molecule has 4 amide bonds. The van der Waals surface area contributed by atoms with Crippen molar-refractivity contribution in [3.05, 3.63) is 35.4 Å². The van der Waals surface area contributed by atoms with Gasteiger partial charge in [0.15, 0.2) is 0 Å². The second-order valence-corrected chi connectivity index (χ2v) is 6.46. The zero-order valence-corrected chi connectivity index (χ0v) is 14.1. The Morgan fingerprint density at radius 3 is 2.92 bits per heavy atom. The third-order valence-corrected chi connectivity index (χ3v) is 4.93. The number of carbonyl (C=O) groups excluding carboxylic acids is 3. The highest BCUT2D eigenvalue weighted by Crippen LogP contribution is 2.39. The maximum absolute atomic E-state index is 13.0. The highest BCUT2D eigenvalue weighted by Gasteiger charge is 2.54. The number of fused-ring (bicyclic) bond motifs is 2. The van der Waals surface area contributed by atoms with Crippen molar-refractivity contribution in [1.29, 1.82) is 5.26 Å². The maximum atomic E-state index is 13.0. The molecule has 1 aliphatic carbocycles. The van der Waals surface area contributed by atoms with Gasteiger partial charge in [0, 0.05) is 13.6 Å². The van der Waals surface area contributed by atoms with Crippen LogP contribution in [-0.4, -0.2) is 47.8 Å². The van der Waals surface area contributed by atoms with Crippen LogP contribution in [0.2, 0.25) is 0 Å². The molecule has 1 fully saturated rings. The molecule has 25 heavy (non-hydrogen) atoms. The molecule has 1 heterocycles. The first kappa shape index (κ1) is 17.0. The van der Waals surface area contributed by atoms with Crippen LogP contribution in [0.15, 0.2) is 24.3 Å². The summed E-state index contributed by atoms with van der Waals surface area (Å²) in [7, 11) is 1.56. The molecule has 0 saturated carbocycles. The van der Waals surface area contributed by atoms with Gasteiger partial charge < -0.3 is 10.2 Å². The number of likely N-dealkylation sites (N-methyl/N-ethyl adjacent to an activating group) is 1. The summed E-state index contributed by atoms with van der Waals surface area (Å²) in [4.78, 5) is 40.1. The molecule has 1 atom stereocenters. The van der Waals surface area contributed by atoms with E-state index in [2.05, 4.69) is 5.32 Å². The van der Waals surface area contributed by atoms with Gasteiger partial charge in [0.1, 0.15) is 12.1 Å². The number of rotatable bonds is 4. The molecule has 1 spiro atoms. The summed E-state index contributed by atoms with van der Waals surface area (Å²) in [6.07, 6.45) is 2.41. The molecule has 7 heteroatoms. The van der Waals surface area contributed by atoms with E-state index in [1.165, 1.54) is 4.90 Å². The number of imide groups is 1. The number of hydrogen-bond donors (Lipinski definition) is 1. The molecular formula is C18H20N4O3. The lowest BCUT2D eigenvalue weighted by molar-refractivity contribution is -0.138. The summed E-state index contributed by atoms with van der Waals surface area (Å²) < 4.78 is 0. The van der Waals surface area contributed by atoms with Crippen molar-refractivity contribution in [2.75, 3.05) is 20.1 Å². The Hall–Kier alpha value is -2.88. The highest BCUT2D eigenvalue weighted by molar-refractivity contribution is 6.09. The molecule has 1 aliphatic heterocycles. The van der Waals surface area contributed by atoms with E-state index in [0.717, 1.165) is 28.9 Å². The number of carbonyl (C=O) groups is 3. The van der Waals surface area contributed by atoms with E-state index in [0.29, 0.717) is 6.42 Å². The lowest BCUT2D eigenvalue weighted by atomic mass is 9.76. The topological polar surface area (TPSA) is 93.5 Å². The molecule has 3 rings (SSSR count). The van der Waals surface area contributed by atoms with E-state index in [9.17, 15) is 14.4 Å². The Kier molecular flexibility index (Phi) is 4.45. The van der Waals surface area contributed by atoms with E-state index < -0.39 is 11.6 Å². The van der Waals surface area contributed by atoms with Gasteiger partial charge in [-0.25, -0.2) is 4.79 Å².